The number of anilines is 1. The van der Waals surface area contributed by atoms with Crippen LogP contribution in [0.4, 0.5) is 5.69 Å². The molecule has 2 aromatic rings. The Morgan fingerprint density at radius 3 is 2.72 bits per heavy atom. The van der Waals surface area contributed by atoms with Crippen molar-refractivity contribution in [1.29, 1.82) is 0 Å². The topological polar surface area (TPSA) is 62.6 Å². The Labute approximate surface area is 147 Å². The number of amides is 2. The molecule has 5 heteroatoms. The summed E-state index contributed by atoms with van der Waals surface area (Å²) in [5.41, 5.74) is 2.63. The lowest BCUT2D eigenvalue weighted by atomic mass is 9.84. The highest BCUT2D eigenvalue weighted by atomic mass is 16.3. The summed E-state index contributed by atoms with van der Waals surface area (Å²) in [6.45, 7) is 2.39. The molecule has 1 atom stereocenters. The van der Waals surface area contributed by atoms with Crippen molar-refractivity contribution in [2.24, 2.45) is 0 Å². The summed E-state index contributed by atoms with van der Waals surface area (Å²) in [6.07, 6.45) is 6.55. The molecule has 1 fully saturated rings. The van der Waals surface area contributed by atoms with E-state index in [2.05, 4.69) is 11.4 Å². The van der Waals surface area contributed by atoms with Gasteiger partial charge in [0, 0.05) is 12.2 Å². The van der Waals surface area contributed by atoms with Gasteiger partial charge in [0.2, 0.25) is 5.91 Å². The maximum absolute atomic E-state index is 13.0. The van der Waals surface area contributed by atoms with E-state index < -0.39 is 5.54 Å². The summed E-state index contributed by atoms with van der Waals surface area (Å²) in [4.78, 5) is 27.1. The van der Waals surface area contributed by atoms with Crippen molar-refractivity contribution in [1.82, 2.24) is 4.90 Å². The van der Waals surface area contributed by atoms with Gasteiger partial charge in [-0.3, -0.25) is 9.59 Å². The Morgan fingerprint density at radius 1 is 1.16 bits per heavy atom. The fraction of sp³-hybridized carbons (Fsp3) is 0.400. The lowest BCUT2D eigenvalue weighted by Crippen LogP contribution is -2.66. The molecule has 1 aromatic carbocycles. The summed E-state index contributed by atoms with van der Waals surface area (Å²) in [5, 5.41) is 3.08. The number of rotatable bonds is 3. The second-order valence-corrected chi connectivity index (χ2v) is 7.06. The summed E-state index contributed by atoms with van der Waals surface area (Å²) in [5.74, 6) is -0.0857. The second-order valence-electron chi connectivity index (χ2n) is 7.06. The van der Waals surface area contributed by atoms with Gasteiger partial charge in [0.1, 0.15) is 5.54 Å². The number of hydrogen-bond donors (Lipinski definition) is 1. The van der Waals surface area contributed by atoms with Crippen LogP contribution in [0.15, 0.2) is 41.0 Å². The quantitative estimate of drug-likeness (QED) is 0.933. The first-order chi connectivity index (χ1) is 12.1. The molecule has 0 saturated carbocycles. The van der Waals surface area contributed by atoms with Gasteiger partial charge in [0.05, 0.1) is 6.26 Å². The van der Waals surface area contributed by atoms with E-state index in [-0.39, 0.29) is 17.6 Å². The molecule has 0 bridgehead atoms. The number of hydrogen-bond acceptors (Lipinski definition) is 3. The molecule has 2 amide bonds. The normalized spacial score (nSPS) is 22.0. The number of furan rings is 1. The lowest BCUT2D eigenvalue weighted by molar-refractivity contribution is -0.132. The predicted octanol–water partition coefficient (Wildman–Crippen LogP) is 3.40. The van der Waals surface area contributed by atoms with E-state index in [1.165, 1.54) is 23.8 Å². The van der Waals surface area contributed by atoms with Crippen LogP contribution in [0.5, 0.6) is 0 Å². The zero-order valence-corrected chi connectivity index (χ0v) is 14.4. The first-order valence-electron chi connectivity index (χ1n) is 8.87. The monoisotopic (exact) mass is 338 g/mol. The maximum atomic E-state index is 13.0. The van der Waals surface area contributed by atoms with Crippen LogP contribution in [-0.4, -0.2) is 28.8 Å². The number of likely N-dealkylation sites (tertiary alicyclic amines) is 1. The van der Waals surface area contributed by atoms with Crippen LogP contribution in [0.1, 0.15) is 47.9 Å². The fourth-order valence-corrected chi connectivity index (χ4v) is 3.81. The van der Waals surface area contributed by atoms with Crippen molar-refractivity contribution in [3.8, 4) is 0 Å². The standard InChI is InChI=1S/C20H22N2O3/c1-20(11-12-22(20)18(23)17-10-5-13-25-17)19(24)21-16-9-4-7-14-6-2-3-8-15(14)16/h4-5,7,9-10,13H,2-3,6,8,11-12H2,1H3,(H,21,24). The van der Waals surface area contributed by atoms with E-state index in [9.17, 15) is 9.59 Å². The van der Waals surface area contributed by atoms with E-state index >= 15 is 0 Å². The van der Waals surface area contributed by atoms with Crippen LogP contribution in [0, 0.1) is 0 Å². The van der Waals surface area contributed by atoms with E-state index in [0.717, 1.165) is 24.9 Å². The van der Waals surface area contributed by atoms with E-state index in [4.69, 9.17) is 4.42 Å². The summed E-state index contributed by atoms with van der Waals surface area (Å²) >= 11 is 0. The minimum atomic E-state index is -0.832. The Kier molecular flexibility index (Phi) is 3.86. The third-order valence-corrected chi connectivity index (χ3v) is 5.53. The average molecular weight is 338 g/mol. The molecule has 2 heterocycles. The summed E-state index contributed by atoms with van der Waals surface area (Å²) in [7, 11) is 0. The summed E-state index contributed by atoms with van der Waals surface area (Å²) in [6, 6.07) is 9.41. The molecule has 0 radical (unpaired) electrons. The predicted molar refractivity (Wildman–Crippen MR) is 94.5 cm³/mol. The third kappa shape index (κ3) is 2.64. The maximum Gasteiger partial charge on any atom is 0.290 e. The summed E-state index contributed by atoms with van der Waals surface area (Å²) < 4.78 is 5.19. The molecular weight excluding hydrogens is 316 g/mol. The number of fused-ring (bicyclic) bond motifs is 1. The van der Waals surface area contributed by atoms with Crippen LogP contribution in [0.2, 0.25) is 0 Å². The number of carbonyl (C=O) groups excluding carboxylic acids is 2. The molecule has 5 nitrogen and oxygen atoms in total. The van der Waals surface area contributed by atoms with Gasteiger partial charge in [-0.05, 0) is 68.4 Å². The molecule has 1 aliphatic heterocycles. The third-order valence-electron chi connectivity index (χ3n) is 5.53. The van der Waals surface area contributed by atoms with Gasteiger partial charge in [-0.2, -0.15) is 0 Å². The zero-order valence-electron chi connectivity index (χ0n) is 14.4. The van der Waals surface area contributed by atoms with Gasteiger partial charge in [-0.15, -0.1) is 0 Å². The average Bonchev–Trinajstić information content (AvgIpc) is 3.15. The van der Waals surface area contributed by atoms with Gasteiger partial charge in [-0.1, -0.05) is 12.1 Å². The number of aryl methyl sites for hydroxylation is 1. The first kappa shape index (κ1) is 15.9. The highest BCUT2D eigenvalue weighted by Crippen LogP contribution is 2.35. The van der Waals surface area contributed by atoms with Crippen LogP contribution in [0.25, 0.3) is 0 Å². The van der Waals surface area contributed by atoms with Crippen molar-refractivity contribution in [2.45, 2.75) is 44.6 Å². The largest absolute Gasteiger partial charge is 0.459 e. The SMILES string of the molecule is CC1(C(=O)Nc2cccc3c2CCCC3)CCN1C(=O)c1ccco1. The lowest BCUT2D eigenvalue weighted by Gasteiger charge is -2.48. The van der Waals surface area contributed by atoms with Crippen LogP contribution < -0.4 is 5.32 Å². The van der Waals surface area contributed by atoms with Gasteiger partial charge < -0.3 is 14.6 Å². The van der Waals surface area contributed by atoms with Crippen molar-refractivity contribution in [3.63, 3.8) is 0 Å². The molecule has 2 aliphatic rings. The molecule has 1 aromatic heterocycles. The minimum absolute atomic E-state index is 0.127. The Morgan fingerprint density at radius 2 is 2.00 bits per heavy atom. The van der Waals surface area contributed by atoms with Crippen molar-refractivity contribution < 1.29 is 14.0 Å². The fourth-order valence-electron chi connectivity index (χ4n) is 3.81. The number of carbonyl (C=O) groups is 2. The number of nitrogens with zero attached hydrogens (tertiary/aromatic N) is 1. The smallest absolute Gasteiger partial charge is 0.290 e. The molecule has 0 spiro atoms. The first-order valence-corrected chi connectivity index (χ1v) is 8.87. The number of nitrogens with one attached hydrogen (secondary N) is 1. The highest BCUT2D eigenvalue weighted by Gasteiger charge is 2.50. The van der Waals surface area contributed by atoms with Crippen LogP contribution in [0.3, 0.4) is 0 Å². The van der Waals surface area contributed by atoms with Crippen LogP contribution >= 0.6 is 0 Å². The molecule has 130 valence electrons. The Hall–Kier alpha value is -2.56. The molecule has 1 aliphatic carbocycles. The van der Waals surface area contributed by atoms with E-state index in [1.807, 2.05) is 19.1 Å². The van der Waals surface area contributed by atoms with Gasteiger partial charge in [-0.25, -0.2) is 0 Å². The van der Waals surface area contributed by atoms with Crippen molar-refractivity contribution in [2.75, 3.05) is 11.9 Å². The number of benzene rings is 1. The van der Waals surface area contributed by atoms with E-state index in [1.54, 1.807) is 17.0 Å². The zero-order chi connectivity index (χ0) is 17.4. The molecule has 1 unspecified atom stereocenters. The van der Waals surface area contributed by atoms with Gasteiger partial charge in [0.25, 0.3) is 5.91 Å². The highest BCUT2D eigenvalue weighted by molar-refractivity contribution is 6.04. The molecule has 1 N–H and O–H groups in total. The molecule has 4 rings (SSSR count). The van der Waals surface area contributed by atoms with E-state index in [0.29, 0.717) is 13.0 Å². The van der Waals surface area contributed by atoms with Gasteiger partial charge >= 0.3 is 0 Å². The molecule has 25 heavy (non-hydrogen) atoms. The Balaban J connectivity index is 1.54. The molecule has 1 saturated heterocycles. The Bertz CT molecular complexity index is 812. The van der Waals surface area contributed by atoms with Crippen LogP contribution in [-0.2, 0) is 17.6 Å². The van der Waals surface area contributed by atoms with Crippen molar-refractivity contribution in [3.05, 3.63) is 53.5 Å². The van der Waals surface area contributed by atoms with Gasteiger partial charge in [0.15, 0.2) is 5.76 Å². The van der Waals surface area contributed by atoms with Crippen molar-refractivity contribution >= 4 is 17.5 Å². The second kappa shape index (κ2) is 6.06. The minimum Gasteiger partial charge on any atom is -0.459 e. The molecular formula is C20H22N2O3.